The first-order valence-electron chi connectivity index (χ1n) is 10.4. The lowest BCUT2D eigenvalue weighted by Gasteiger charge is -2.35. The third kappa shape index (κ3) is 4.82. The van der Waals surface area contributed by atoms with Crippen molar-refractivity contribution in [3.05, 3.63) is 0 Å². The molecule has 0 bridgehead atoms. The molecule has 0 spiro atoms. The van der Waals surface area contributed by atoms with Gasteiger partial charge in [-0.3, -0.25) is 4.79 Å². The van der Waals surface area contributed by atoms with Crippen LogP contribution in [0.1, 0.15) is 84.0 Å². The van der Waals surface area contributed by atoms with E-state index in [2.05, 4.69) is 6.92 Å². The van der Waals surface area contributed by atoms with Crippen molar-refractivity contribution in [2.75, 3.05) is 7.11 Å². The first kappa shape index (κ1) is 18.4. The Morgan fingerprint density at radius 2 is 1.08 bits per heavy atom. The predicted molar refractivity (Wildman–Crippen MR) is 96.0 cm³/mol. The quantitative estimate of drug-likeness (QED) is 0.715. The second kappa shape index (κ2) is 8.80. The van der Waals surface area contributed by atoms with E-state index < -0.39 is 0 Å². The second-order valence-electron chi connectivity index (χ2n) is 8.60. The smallest absolute Gasteiger partial charge is 0.139 e. The molecule has 0 aromatic rings. The maximum atomic E-state index is 12.8. The molecule has 0 N–H and O–H groups in total. The van der Waals surface area contributed by atoms with Gasteiger partial charge in [-0.1, -0.05) is 19.8 Å². The van der Waals surface area contributed by atoms with Crippen LogP contribution in [0.5, 0.6) is 0 Å². The number of methoxy groups -OCH3 is 1. The summed E-state index contributed by atoms with van der Waals surface area (Å²) in [4.78, 5) is 12.8. The van der Waals surface area contributed by atoms with Crippen LogP contribution in [-0.2, 0) is 14.3 Å². The highest BCUT2D eigenvalue weighted by Gasteiger charge is 2.33. The van der Waals surface area contributed by atoms with Crippen LogP contribution in [0.25, 0.3) is 0 Å². The van der Waals surface area contributed by atoms with Crippen LogP contribution in [0, 0.1) is 17.8 Å². The monoisotopic (exact) mass is 336 g/mol. The number of ketones is 1. The lowest BCUT2D eigenvalue weighted by atomic mass is 9.74. The minimum atomic E-state index is 0.326. The number of hydrogen-bond acceptors (Lipinski definition) is 3. The molecule has 0 heterocycles. The molecule has 0 unspecified atom stereocenters. The molecule has 0 atom stereocenters. The fraction of sp³-hybridized carbons (Fsp3) is 0.952. The van der Waals surface area contributed by atoms with Gasteiger partial charge in [0, 0.05) is 18.9 Å². The molecule has 3 rings (SSSR count). The van der Waals surface area contributed by atoms with Gasteiger partial charge in [-0.15, -0.1) is 0 Å². The number of hydrogen-bond donors (Lipinski definition) is 0. The van der Waals surface area contributed by atoms with Crippen molar-refractivity contribution >= 4 is 5.78 Å². The zero-order valence-electron chi connectivity index (χ0n) is 15.7. The third-order valence-corrected chi connectivity index (χ3v) is 6.83. The highest BCUT2D eigenvalue weighted by atomic mass is 16.5. The molecule has 3 heteroatoms. The first-order valence-corrected chi connectivity index (χ1v) is 10.4. The Kier molecular flexibility index (Phi) is 6.74. The Bertz CT molecular complexity index is 384. The Morgan fingerprint density at radius 3 is 1.58 bits per heavy atom. The molecule has 3 nitrogen and oxygen atoms in total. The van der Waals surface area contributed by atoms with Crippen LogP contribution in [0.3, 0.4) is 0 Å². The van der Waals surface area contributed by atoms with Crippen molar-refractivity contribution in [3.8, 4) is 0 Å². The first-order chi connectivity index (χ1) is 11.7. The Morgan fingerprint density at radius 1 is 0.667 bits per heavy atom. The summed E-state index contributed by atoms with van der Waals surface area (Å²) in [5.74, 6) is 2.10. The van der Waals surface area contributed by atoms with E-state index in [0.717, 1.165) is 70.1 Å². The molecule has 0 saturated heterocycles. The van der Waals surface area contributed by atoms with Crippen LogP contribution in [-0.4, -0.2) is 31.2 Å². The van der Waals surface area contributed by atoms with Gasteiger partial charge in [0.15, 0.2) is 0 Å². The van der Waals surface area contributed by atoms with Gasteiger partial charge in [0.1, 0.15) is 5.78 Å². The molecule has 3 fully saturated rings. The fourth-order valence-electron chi connectivity index (χ4n) is 5.04. The van der Waals surface area contributed by atoms with Gasteiger partial charge in [-0.05, 0) is 70.1 Å². The van der Waals surface area contributed by atoms with E-state index in [4.69, 9.17) is 9.47 Å². The lowest BCUT2D eigenvalue weighted by Crippen LogP contribution is -2.34. The lowest BCUT2D eigenvalue weighted by molar-refractivity contribution is -0.131. The normalized spacial score (nSPS) is 41.1. The second-order valence-corrected chi connectivity index (χ2v) is 8.60. The van der Waals surface area contributed by atoms with Gasteiger partial charge in [0.2, 0.25) is 0 Å². The van der Waals surface area contributed by atoms with Crippen molar-refractivity contribution in [3.63, 3.8) is 0 Å². The maximum absolute atomic E-state index is 12.8. The van der Waals surface area contributed by atoms with Gasteiger partial charge >= 0.3 is 0 Å². The average molecular weight is 337 g/mol. The van der Waals surface area contributed by atoms with E-state index >= 15 is 0 Å². The topological polar surface area (TPSA) is 35.5 Å². The van der Waals surface area contributed by atoms with Crippen LogP contribution >= 0.6 is 0 Å². The summed E-state index contributed by atoms with van der Waals surface area (Å²) in [6.45, 7) is 2.32. The summed E-state index contributed by atoms with van der Waals surface area (Å²) in [7, 11) is 1.82. The zero-order chi connectivity index (χ0) is 16.9. The highest BCUT2D eigenvalue weighted by Crippen LogP contribution is 2.36. The number of Topliss-reactive ketones (excluding diaryl/α,β-unsaturated/α-hetero) is 1. The van der Waals surface area contributed by atoms with Crippen molar-refractivity contribution in [1.29, 1.82) is 0 Å². The summed E-state index contributed by atoms with van der Waals surface area (Å²) >= 11 is 0. The zero-order valence-corrected chi connectivity index (χ0v) is 15.7. The molecule has 0 aromatic carbocycles. The van der Waals surface area contributed by atoms with Crippen LogP contribution in [0.15, 0.2) is 0 Å². The van der Waals surface area contributed by atoms with E-state index in [1.54, 1.807) is 0 Å². The van der Waals surface area contributed by atoms with E-state index in [0.29, 0.717) is 35.9 Å². The minimum Gasteiger partial charge on any atom is -0.381 e. The summed E-state index contributed by atoms with van der Waals surface area (Å²) in [5, 5.41) is 0. The van der Waals surface area contributed by atoms with Gasteiger partial charge in [-0.25, -0.2) is 0 Å². The molecule has 3 aliphatic rings. The van der Waals surface area contributed by atoms with Gasteiger partial charge in [0.05, 0.1) is 18.3 Å². The summed E-state index contributed by atoms with van der Waals surface area (Å²) in [6, 6.07) is 0. The van der Waals surface area contributed by atoms with Crippen LogP contribution < -0.4 is 0 Å². The maximum Gasteiger partial charge on any atom is 0.139 e. The molecular weight excluding hydrogens is 300 g/mol. The van der Waals surface area contributed by atoms with Crippen LogP contribution in [0.4, 0.5) is 0 Å². The molecule has 0 radical (unpaired) electrons. The minimum absolute atomic E-state index is 0.326. The molecular formula is C21H36O3. The van der Waals surface area contributed by atoms with Crippen molar-refractivity contribution < 1.29 is 14.3 Å². The number of carbonyl (C=O) groups is 1. The van der Waals surface area contributed by atoms with E-state index in [1.807, 2.05) is 7.11 Å². The fourth-order valence-corrected chi connectivity index (χ4v) is 5.04. The largest absolute Gasteiger partial charge is 0.381 e. The van der Waals surface area contributed by atoms with Crippen molar-refractivity contribution in [2.24, 2.45) is 17.8 Å². The molecule has 0 aliphatic heterocycles. The van der Waals surface area contributed by atoms with Gasteiger partial charge in [-0.2, -0.15) is 0 Å². The third-order valence-electron chi connectivity index (χ3n) is 6.83. The molecule has 24 heavy (non-hydrogen) atoms. The predicted octanol–water partition coefficient (Wildman–Crippen LogP) is 4.91. The number of ether oxygens (including phenoxy) is 2. The summed E-state index contributed by atoms with van der Waals surface area (Å²) in [5.41, 5.74) is 0. The van der Waals surface area contributed by atoms with Crippen LogP contribution in [0.2, 0.25) is 0 Å². The molecule has 0 aromatic heterocycles. The highest BCUT2D eigenvalue weighted by molar-refractivity contribution is 5.83. The van der Waals surface area contributed by atoms with E-state index in [9.17, 15) is 4.79 Å². The molecule has 0 amide bonds. The summed E-state index contributed by atoms with van der Waals surface area (Å²) < 4.78 is 11.8. The number of carbonyl (C=O) groups excluding carboxylic acids is 1. The van der Waals surface area contributed by atoms with E-state index in [1.165, 1.54) is 12.8 Å². The summed E-state index contributed by atoms with van der Waals surface area (Å²) in [6.07, 6.45) is 14.9. The molecule has 138 valence electrons. The molecule has 3 saturated carbocycles. The standard InChI is InChI=1S/C21H36O3/c1-15-3-5-16(6-4-15)21(22)17-7-9-19(10-8-17)24-20-13-11-18(23-2)12-14-20/h15-20H,3-14H2,1-2H3. The Labute approximate surface area is 147 Å². The van der Waals surface area contributed by atoms with Gasteiger partial charge < -0.3 is 9.47 Å². The van der Waals surface area contributed by atoms with Crippen molar-refractivity contribution in [1.82, 2.24) is 0 Å². The SMILES string of the molecule is COC1CCC(OC2CCC(C(=O)C3CCC(C)CC3)CC2)CC1. The Balaban J connectivity index is 1.37. The molecule has 3 aliphatic carbocycles. The average Bonchev–Trinajstić information content (AvgIpc) is 2.63. The van der Waals surface area contributed by atoms with Gasteiger partial charge in [0.25, 0.3) is 0 Å². The van der Waals surface area contributed by atoms with Crippen molar-refractivity contribution in [2.45, 2.75) is 102 Å². The van der Waals surface area contributed by atoms with E-state index in [-0.39, 0.29) is 0 Å². The number of rotatable bonds is 5. The Hall–Kier alpha value is -0.410.